The summed E-state index contributed by atoms with van der Waals surface area (Å²) in [5.74, 6) is 1.14. The predicted octanol–water partition coefficient (Wildman–Crippen LogP) is 1.54. The minimum absolute atomic E-state index is 0.155. The molecule has 0 aliphatic rings. The van der Waals surface area contributed by atoms with Crippen molar-refractivity contribution in [1.82, 2.24) is 15.8 Å². The summed E-state index contributed by atoms with van der Waals surface area (Å²) >= 11 is 0. The molecule has 0 saturated heterocycles. The molecule has 0 saturated carbocycles. The predicted molar refractivity (Wildman–Crippen MR) is 76.6 cm³/mol. The van der Waals surface area contributed by atoms with E-state index in [1.54, 1.807) is 0 Å². The van der Waals surface area contributed by atoms with Gasteiger partial charge in [0.15, 0.2) is 0 Å². The van der Waals surface area contributed by atoms with Gasteiger partial charge in [-0.3, -0.25) is 0 Å². The zero-order valence-electron chi connectivity index (χ0n) is 12.5. The van der Waals surface area contributed by atoms with Gasteiger partial charge in [-0.2, -0.15) is 0 Å². The van der Waals surface area contributed by atoms with Gasteiger partial charge in [-0.1, -0.05) is 12.1 Å². The molecule has 6 heteroatoms. The molecular formula is C14H25N3O3. The Hall–Kier alpha value is -1.56. The van der Waals surface area contributed by atoms with Crippen molar-refractivity contribution in [2.45, 2.75) is 40.0 Å². The standard InChI is InChI=1S/C14H25N3O3/c1-10(6-8-18)9-16-14(19)15-7-4-5-13-11(2)17-20-12(13)3/h10,18H,4-9H2,1-3H3,(H2,15,16,19). The molecule has 1 rings (SSSR count). The Morgan fingerprint density at radius 2 is 2.15 bits per heavy atom. The number of aryl methyl sites for hydroxylation is 2. The fourth-order valence-electron chi connectivity index (χ4n) is 1.98. The van der Waals surface area contributed by atoms with Gasteiger partial charge in [0.2, 0.25) is 0 Å². The maximum atomic E-state index is 11.5. The number of urea groups is 1. The Bertz CT molecular complexity index is 398. The van der Waals surface area contributed by atoms with Crippen LogP contribution in [0.25, 0.3) is 0 Å². The number of nitrogens with zero attached hydrogens (tertiary/aromatic N) is 1. The van der Waals surface area contributed by atoms with Crippen molar-refractivity contribution < 1.29 is 14.4 Å². The number of aromatic nitrogens is 1. The summed E-state index contributed by atoms with van der Waals surface area (Å²) in [5.41, 5.74) is 2.05. The van der Waals surface area contributed by atoms with Crippen LogP contribution in [-0.2, 0) is 6.42 Å². The molecule has 1 unspecified atom stereocenters. The van der Waals surface area contributed by atoms with Crippen molar-refractivity contribution in [1.29, 1.82) is 0 Å². The van der Waals surface area contributed by atoms with Gasteiger partial charge in [0, 0.05) is 25.3 Å². The first-order valence-electron chi connectivity index (χ1n) is 7.09. The zero-order chi connectivity index (χ0) is 15.0. The number of aliphatic hydroxyl groups is 1. The highest BCUT2D eigenvalue weighted by molar-refractivity contribution is 5.73. The molecule has 0 aliphatic carbocycles. The lowest BCUT2D eigenvalue weighted by atomic mass is 10.1. The molecule has 6 nitrogen and oxygen atoms in total. The largest absolute Gasteiger partial charge is 0.396 e. The van der Waals surface area contributed by atoms with Crippen LogP contribution in [0, 0.1) is 19.8 Å². The molecule has 1 aromatic heterocycles. The number of rotatable bonds is 8. The normalized spacial score (nSPS) is 12.2. The van der Waals surface area contributed by atoms with Crippen molar-refractivity contribution in [3.8, 4) is 0 Å². The molecule has 3 N–H and O–H groups in total. The first kappa shape index (κ1) is 16.5. The smallest absolute Gasteiger partial charge is 0.314 e. The minimum atomic E-state index is -0.159. The Labute approximate surface area is 119 Å². The third kappa shape index (κ3) is 5.61. The number of hydrogen-bond acceptors (Lipinski definition) is 4. The monoisotopic (exact) mass is 283 g/mol. The maximum Gasteiger partial charge on any atom is 0.314 e. The van der Waals surface area contributed by atoms with Gasteiger partial charge in [-0.05, 0) is 39.0 Å². The molecule has 0 bridgehead atoms. The highest BCUT2D eigenvalue weighted by Gasteiger charge is 2.08. The van der Waals surface area contributed by atoms with Gasteiger partial charge in [0.05, 0.1) is 5.69 Å². The zero-order valence-corrected chi connectivity index (χ0v) is 12.5. The number of aliphatic hydroxyl groups excluding tert-OH is 1. The van der Waals surface area contributed by atoms with E-state index in [9.17, 15) is 4.79 Å². The first-order chi connectivity index (χ1) is 9.54. The molecule has 0 aromatic carbocycles. The van der Waals surface area contributed by atoms with Crippen LogP contribution in [0.4, 0.5) is 4.79 Å². The van der Waals surface area contributed by atoms with E-state index >= 15 is 0 Å². The molecule has 1 heterocycles. The molecule has 1 aromatic rings. The molecule has 114 valence electrons. The summed E-state index contributed by atoms with van der Waals surface area (Å²) < 4.78 is 5.09. The van der Waals surface area contributed by atoms with E-state index in [1.165, 1.54) is 0 Å². The number of nitrogens with one attached hydrogen (secondary N) is 2. The molecule has 0 aliphatic heterocycles. The van der Waals surface area contributed by atoms with E-state index in [1.807, 2.05) is 20.8 Å². The highest BCUT2D eigenvalue weighted by atomic mass is 16.5. The fraction of sp³-hybridized carbons (Fsp3) is 0.714. The van der Waals surface area contributed by atoms with E-state index in [0.717, 1.165) is 29.9 Å². The minimum Gasteiger partial charge on any atom is -0.396 e. The molecule has 0 spiro atoms. The van der Waals surface area contributed by atoms with Crippen LogP contribution < -0.4 is 10.6 Å². The van der Waals surface area contributed by atoms with Crippen molar-refractivity contribution in [2.75, 3.05) is 19.7 Å². The summed E-state index contributed by atoms with van der Waals surface area (Å²) in [6.07, 6.45) is 2.40. The fourth-order valence-corrected chi connectivity index (χ4v) is 1.98. The van der Waals surface area contributed by atoms with Gasteiger partial charge >= 0.3 is 6.03 Å². The second-order valence-corrected chi connectivity index (χ2v) is 5.16. The lowest BCUT2D eigenvalue weighted by Crippen LogP contribution is -2.38. The van der Waals surface area contributed by atoms with Crippen molar-refractivity contribution >= 4 is 6.03 Å². The highest BCUT2D eigenvalue weighted by Crippen LogP contribution is 2.13. The second-order valence-electron chi connectivity index (χ2n) is 5.16. The van der Waals surface area contributed by atoms with E-state index in [0.29, 0.717) is 19.5 Å². The molecular weight excluding hydrogens is 258 g/mol. The lowest BCUT2D eigenvalue weighted by molar-refractivity contribution is 0.234. The van der Waals surface area contributed by atoms with Crippen molar-refractivity contribution in [3.05, 3.63) is 17.0 Å². The summed E-state index contributed by atoms with van der Waals surface area (Å²) in [7, 11) is 0. The summed E-state index contributed by atoms with van der Waals surface area (Å²) in [4.78, 5) is 11.5. The van der Waals surface area contributed by atoms with Crippen molar-refractivity contribution in [3.63, 3.8) is 0 Å². The quantitative estimate of drug-likeness (QED) is 0.632. The molecule has 0 radical (unpaired) electrons. The summed E-state index contributed by atoms with van der Waals surface area (Å²) in [5, 5.41) is 18.3. The topological polar surface area (TPSA) is 87.4 Å². The SMILES string of the molecule is Cc1noc(C)c1CCCNC(=O)NCC(C)CCO. The van der Waals surface area contributed by atoms with Crippen LogP contribution >= 0.6 is 0 Å². The van der Waals surface area contributed by atoms with Crippen molar-refractivity contribution in [2.24, 2.45) is 5.92 Å². The summed E-state index contributed by atoms with van der Waals surface area (Å²) in [6, 6.07) is -0.159. The van der Waals surface area contributed by atoms with E-state index in [4.69, 9.17) is 9.63 Å². The molecule has 2 amide bonds. The Kier molecular flexibility index (Phi) is 7.08. The Morgan fingerprint density at radius 3 is 2.75 bits per heavy atom. The summed E-state index contributed by atoms with van der Waals surface area (Å²) in [6.45, 7) is 7.17. The molecule has 1 atom stereocenters. The van der Waals surface area contributed by atoms with Gasteiger partial charge < -0.3 is 20.3 Å². The van der Waals surface area contributed by atoms with Crippen LogP contribution in [0.3, 0.4) is 0 Å². The van der Waals surface area contributed by atoms with Gasteiger partial charge in [-0.25, -0.2) is 4.79 Å². The van der Waals surface area contributed by atoms with Crippen LogP contribution in [0.2, 0.25) is 0 Å². The Morgan fingerprint density at radius 1 is 1.40 bits per heavy atom. The third-order valence-corrected chi connectivity index (χ3v) is 3.30. The van der Waals surface area contributed by atoms with Crippen LogP contribution in [0.5, 0.6) is 0 Å². The van der Waals surface area contributed by atoms with Crippen LogP contribution in [-0.4, -0.2) is 36.0 Å². The van der Waals surface area contributed by atoms with Crippen LogP contribution in [0.15, 0.2) is 4.52 Å². The first-order valence-corrected chi connectivity index (χ1v) is 7.09. The average molecular weight is 283 g/mol. The maximum absolute atomic E-state index is 11.5. The number of amides is 2. The van der Waals surface area contributed by atoms with E-state index in [-0.39, 0.29) is 18.6 Å². The van der Waals surface area contributed by atoms with E-state index in [2.05, 4.69) is 15.8 Å². The van der Waals surface area contributed by atoms with Gasteiger partial charge in [-0.15, -0.1) is 0 Å². The molecule has 0 fully saturated rings. The lowest BCUT2D eigenvalue weighted by Gasteiger charge is -2.12. The van der Waals surface area contributed by atoms with Gasteiger partial charge in [0.1, 0.15) is 5.76 Å². The van der Waals surface area contributed by atoms with Gasteiger partial charge in [0.25, 0.3) is 0 Å². The molecule has 20 heavy (non-hydrogen) atoms. The number of hydrogen-bond donors (Lipinski definition) is 3. The Balaban J connectivity index is 2.13. The van der Waals surface area contributed by atoms with E-state index < -0.39 is 0 Å². The average Bonchev–Trinajstić information content (AvgIpc) is 2.73. The second kappa shape index (κ2) is 8.58. The number of carbonyl (C=O) groups is 1. The third-order valence-electron chi connectivity index (χ3n) is 3.30. The number of carbonyl (C=O) groups excluding carboxylic acids is 1. The van der Waals surface area contributed by atoms with Crippen LogP contribution in [0.1, 0.15) is 36.8 Å².